The van der Waals surface area contributed by atoms with Crippen molar-refractivity contribution in [1.29, 1.82) is 0 Å². The molecular weight excluding hydrogens is 456 g/mol. The summed E-state index contributed by atoms with van der Waals surface area (Å²) >= 11 is 0. The Morgan fingerprint density at radius 2 is 1.80 bits per heavy atom. The van der Waals surface area contributed by atoms with Gasteiger partial charge < -0.3 is 14.3 Å². The van der Waals surface area contributed by atoms with Gasteiger partial charge in [-0.25, -0.2) is 8.78 Å². The molecule has 176 valence electrons. The number of rotatable bonds is 5. The molecule has 1 N–H and O–H groups in total. The first kappa shape index (κ1) is 22.3. The molecule has 0 saturated heterocycles. The van der Waals surface area contributed by atoms with E-state index in [2.05, 4.69) is 0 Å². The van der Waals surface area contributed by atoms with Crippen molar-refractivity contribution in [2.75, 3.05) is 12.0 Å². The first-order chi connectivity index (χ1) is 16.8. The highest BCUT2D eigenvalue weighted by Gasteiger charge is 2.45. The number of methoxy groups -OCH3 is 1. The molecule has 1 aromatic heterocycles. The van der Waals surface area contributed by atoms with Crippen LogP contribution in [-0.4, -0.2) is 23.9 Å². The second-order valence-corrected chi connectivity index (χ2v) is 8.17. The summed E-state index contributed by atoms with van der Waals surface area (Å²) in [6.07, 6.45) is 0. The summed E-state index contributed by atoms with van der Waals surface area (Å²) in [7, 11) is 1.47. The number of carbonyl (C=O) groups excluding carboxylic acids is 2. The Kier molecular flexibility index (Phi) is 5.36. The van der Waals surface area contributed by atoms with Crippen LogP contribution in [0.5, 0.6) is 5.75 Å². The SMILES string of the molecule is COc1cccc2cc(C(=O)C3=C(O)C(=O)N(c4ccc(F)c(F)c4)C3c3cccc(C)c3)oc12. The average molecular weight is 475 g/mol. The number of halogens is 2. The van der Waals surface area contributed by atoms with E-state index in [0.29, 0.717) is 22.3 Å². The first-order valence-corrected chi connectivity index (χ1v) is 10.7. The number of ketones is 1. The lowest BCUT2D eigenvalue weighted by atomic mass is 9.94. The predicted octanol–water partition coefficient (Wildman–Crippen LogP) is 5.81. The number of aliphatic hydroxyl groups is 1. The first-order valence-electron chi connectivity index (χ1n) is 10.7. The number of amides is 1. The number of anilines is 1. The zero-order chi connectivity index (χ0) is 24.9. The predicted molar refractivity (Wildman–Crippen MR) is 125 cm³/mol. The summed E-state index contributed by atoms with van der Waals surface area (Å²) in [5.74, 6) is -4.37. The fourth-order valence-corrected chi connectivity index (χ4v) is 4.34. The molecule has 35 heavy (non-hydrogen) atoms. The summed E-state index contributed by atoms with van der Waals surface area (Å²) in [5.41, 5.74) is 1.44. The summed E-state index contributed by atoms with van der Waals surface area (Å²) in [6.45, 7) is 1.83. The van der Waals surface area contributed by atoms with Crippen LogP contribution in [0.4, 0.5) is 14.5 Å². The lowest BCUT2D eigenvalue weighted by molar-refractivity contribution is -0.117. The zero-order valence-corrected chi connectivity index (χ0v) is 18.7. The van der Waals surface area contributed by atoms with Gasteiger partial charge in [-0.05, 0) is 36.8 Å². The quantitative estimate of drug-likeness (QED) is 0.369. The number of nitrogens with zero attached hydrogens (tertiary/aromatic N) is 1. The second kappa shape index (κ2) is 8.39. The van der Waals surface area contributed by atoms with Gasteiger partial charge in [0.25, 0.3) is 5.91 Å². The fourth-order valence-electron chi connectivity index (χ4n) is 4.34. The number of fused-ring (bicyclic) bond motifs is 1. The number of para-hydroxylation sites is 1. The van der Waals surface area contributed by atoms with E-state index in [9.17, 15) is 23.5 Å². The van der Waals surface area contributed by atoms with Gasteiger partial charge in [0, 0.05) is 17.1 Å². The van der Waals surface area contributed by atoms with Crippen LogP contribution >= 0.6 is 0 Å². The Hall–Kier alpha value is -4.46. The number of carbonyl (C=O) groups is 2. The standard InChI is InChI=1S/C27H19F2NO5/c1-14-5-3-6-15(11-14)23-22(24(31)21-12-16-7-4-8-20(34-2)26(16)35-21)25(32)27(33)30(23)17-9-10-18(28)19(29)13-17/h3-13,23,32H,1-2H3. The van der Waals surface area contributed by atoms with Gasteiger partial charge in [-0.3, -0.25) is 14.5 Å². The van der Waals surface area contributed by atoms with Crippen molar-refractivity contribution in [1.82, 2.24) is 0 Å². The highest BCUT2D eigenvalue weighted by Crippen LogP contribution is 2.43. The summed E-state index contributed by atoms with van der Waals surface area (Å²) in [5, 5.41) is 11.5. The van der Waals surface area contributed by atoms with Gasteiger partial charge in [0.1, 0.15) is 0 Å². The van der Waals surface area contributed by atoms with Crippen molar-refractivity contribution in [3.63, 3.8) is 0 Å². The number of ether oxygens (including phenoxy) is 1. The van der Waals surface area contributed by atoms with E-state index in [-0.39, 0.29) is 17.0 Å². The van der Waals surface area contributed by atoms with E-state index in [1.165, 1.54) is 19.2 Å². The molecule has 0 saturated carbocycles. The molecule has 1 aliphatic rings. The van der Waals surface area contributed by atoms with Gasteiger partial charge in [-0.1, -0.05) is 42.0 Å². The van der Waals surface area contributed by atoms with Crippen LogP contribution in [0.25, 0.3) is 11.0 Å². The van der Waals surface area contributed by atoms with E-state index in [0.717, 1.165) is 22.6 Å². The molecule has 0 radical (unpaired) electrons. The van der Waals surface area contributed by atoms with Gasteiger partial charge in [0.15, 0.2) is 34.5 Å². The van der Waals surface area contributed by atoms with E-state index in [1.54, 1.807) is 36.4 Å². The molecule has 8 heteroatoms. The number of aliphatic hydroxyl groups excluding tert-OH is 1. The van der Waals surface area contributed by atoms with Crippen LogP contribution in [0.3, 0.4) is 0 Å². The van der Waals surface area contributed by atoms with Crippen molar-refractivity contribution in [3.05, 3.63) is 107 Å². The van der Waals surface area contributed by atoms with Gasteiger partial charge >= 0.3 is 0 Å². The minimum absolute atomic E-state index is 0.0129. The third kappa shape index (κ3) is 3.63. The number of hydrogen-bond acceptors (Lipinski definition) is 5. The number of furan rings is 1. The van der Waals surface area contributed by atoms with Crippen molar-refractivity contribution in [2.24, 2.45) is 0 Å². The smallest absolute Gasteiger partial charge is 0.294 e. The van der Waals surface area contributed by atoms with E-state index >= 15 is 0 Å². The molecule has 0 spiro atoms. The Labute approximate surface area is 198 Å². The lowest BCUT2D eigenvalue weighted by Gasteiger charge is -2.27. The van der Waals surface area contributed by atoms with Crippen LogP contribution < -0.4 is 9.64 Å². The molecule has 2 heterocycles. The summed E-state index contributed by atoms with van der Waals surface area (Å²) < 4.78 is 38.7. The molecule has 1 atom stereocenters. The second-order valence-electron chi connectivity index (χ2n) is 8.17. The molecule has 5 rings (SSSR count). The Morgan fingerprint density at radius 1 is 1.03 bits per heavy atom. The molecule has 1 amide bonds. The van der Waals surface area contributed by atoms with E-state index in [1.807, 2.05) is 13.0 Å². The van der Waals surface area contributed by atoms with Crippen LogP contribution in [0.2, 0.25) is 0 Å². The van der Waals surface area contributed by atoms with Crippen LogP contribution in [0, 0.1) is 18.6 Å². The van der Waals surface area contributed by atoms with E-state index in [4.69, 9.17) is 9.15 Å². The molecule has 3 aromatic carbocycles. The summed E-state index contributed by atoms with van der Waals surface area (Å²) in [4.78, 5) is 27.9. The number of hydrogen-bond donors (Lipinski definition) is 1. The number of aryl methyl sites for hydroxylation is 1. The Morgan fingerprint density at radius 3 is 2.51 bits per heavy atom. The third-order valence-corrected chi connectivity index (χ3v) is 5.94. The van der Waals surface area contributed by atoms with Crippen molar-refractivity contribution in [2.45, 2.75) is 13.0 Å². The van der Waals surface area contributed by atoms with Crippen LogP contribution in [-0.2, 0) is 4.79 Å². The van der Waals surface area contributed by atoms with E-state index < -0.39 is 35.1 Å². The van der Waals surface area contributed by atoms with Crippen LogP contribution in [0.1, 0.15) is 27.7 Å². The molecule has 4 aromatic rings. The van der Waals surface area contributed by atoms with Crippen LogP contribution in [0.15, 0.2) is 82.5 Å². The van der Waals surface area contributed by atoms with Crippen molar-refractivity contribution in [3.8, 4) is 5.75 Å². The maximum Gasteiger partial charge on any atom is 0.294 e. The maximum atomic E-state index is 14.1. The largest absolute Gasteiger partial charge is 0.503 e. The van der Waals surface area contributed by atoms with Gasteiger partial charge in [0.05, 0.1) is 18.7 Å². The Bertz CT molecular complexity index is 1540. The van der Waals surface area contributed by atoms with Crippen molar-refractivity contribution < 1.29 is 32.6 Å². The number of Topliss-reactive ketones (excluding diaryl/α,β-unsaturated/α-hetero) is 1. The Balaban J connectivity index is 1.68. The van der Waals surface area contributed by atoms with Crippen molar-refractivity contribution >= 4 is 28.3 Å². The minimum Gasteiger partial charge on any atom is -0.503 e. The molecule has 0 fully saturated rings. The number of benzene rings is 3. The third-order valence-electron chi connectivity index (χ3n) is 5.94. The summed E-state index contributed by atoms with van der Waals surface area (Å²) in [6, 6.07) is 15.5. The molecule has 0 aliphatic carbocycles. The van der Waals surface area contributed by atoms with Gasteiger partial charge in [0.2, 0.25) is 5.78 Å². The highest BCUT2D eigenvalue weighted by atomic mass is 19.2. The zero-order valence-electron chi connectivity index (χ0n) is 18.7. The maximum absolute atomic E-state index is 14.1. The lowest BCUT2D eigenvalue weighted by Crippen LogP contribution is -2.31. The molecular formula is C27H19F2NO5. The van der Waals surface area contributed by atoms with Gasteiger partial charge in [-0.2, -0.15) is 0 Å². The average Bonchev–Trinajstić information content (AvgIpc) is 3.40. The molecule has 6 nitrogen and oxygen atoms in total. The molecule has 1 aliphatic heterocycles. The van der Waals surface area contributed by atoms with Gasteiger partial charge in [-0.15, -0.1) is 0 Å². The fraction of sp³-hybridized carbons (Fsp3) is 0.111. The topological polar surface area (TPSA) is 80.0 Å². The minimum atomic E-state index is -1.16. The normalized spacial score (nSPS) is 15.8. The molecule has 0 bridgehead atoms. The monoisotopic (exact) mass is 475 g/mol. The molecule has 1 unspecified atom stereocenters. The highest BCUT2D eigenvalue weighted by molar-refractivity contribution is 6.20.